The molecule has 0 aliphatic rings. The molecular formula is C16H13ClN2O3S2. The van der Waals surface area contributed by atoms with Crippen molar-refractivity contribution in [3.63, 3.8) is 0 Å². The molecule has 3 aromatic heterocycles. The van der Waals surface area contributed by atoms with Crippen molar-refractivity contribution in [3.8, 4) is 0 Å². The third kappa shape index (κ3) is 3.15. The zero-order valence-electron chi connectivity index (χ0n) is 12.9. The van der Waals surface area contributed by atoms with E-state index in [0.717, 1.165) is 16.2 Å². The molecule has 124 valence electrons. The zero-order valence-corrected chi connectivity index (χ0v) is 15.3. The number of halogens is 1. The summed E-state index contributed by atoms with van der Waals surface area (Å²) in [7, 11) is 0. The molecule has 3 heterocycles. The average Bonchev–Trinajstić information content (AvgIpc) is 3.15. The number of carbonyl (C=O) groups excluding carboxylic acids is 1. The van der Waals surface area contributed by atoms with Gasteiger partial charge in [-0.15, -0.1) is 22.7 Å². The van der Waals surface area contributed by atoms with Crippen molar-refractivity contribution in [2.24, 2.45) is 0 Å². The lowest BCUT2D eigenvalue weighted by molar-refractivity contribution is 0.0531. The normalized spacial score (nSPS) is 11.9. The number of ether oxygens (including phenoxy) is 1. The fourth-order valence-electron chi connectivity index (χ4n) is 2.22. The summed E-state index contributed by atoms with van der Waals surface area (Å²) >= 11 is 8.94. The van der Waals surface area contributed by atoms with Gasteiger partial charge in [-0.25, -0.2) is 9.78 Å². The molecule has 5 nitrogen and oxygen atoms in total. The third-order valence-electron chi connectivity index (χ3n) is 3.30. The van der Waals surface area contributed by atoms with Crippen LogP contribution in [0, 0.1) is 6.92 Å². The first-order chi connectivity index (χ1) is 11.5. The van der Waals surface area contributed by atoms with Crippen molar-refractivity contribution in [1.29, 1.82) is 0 Å². The zero-order chi connectivity index (χ0) is 17.3. The van der Waals surface area contributed by atoms with Gasteiger partial charge in [0.15, 0.2) is 5.82 Å². The topological polar surface area (TPSA) is 72.0 Å². The van der Waals surface area contributed by atoms with Crippen LogP contribution in [0.2, 0.25) is 0 Å². The van der Waals surface area contributed by atoms with Crippen LogP contribution in [0.25, 0.3) is 21.3 Å². The lowest BCUT2D eigenvalue weighted by Gasteiger charge is -1.99. The summed E-state index contributed by atoms with van der Waals surface area (Å²) in [6.07, 6.45) is 1.74. The number of thiophene rings is 2. The molecule has 0 bridgehead atoms. The molecule has 0 saturated carbocycles. The summed E-state index contributed by atoms with van der Waals surface area (Å²) in [5.41, 5.74) is 0.254. The van der Waals surface area contributed by atoms with Gasteiger partial charge in [0.25, 0.3) is 5.56 Å². The van der Waals surface area contributed by atoms with Crippen molar-refractivity contribution in [1.82, 2.24) is 9.97 Å². The first-order valence-corrected chi connectivity index (χ1v) is 9.20. The highest BCUT2D eigenvalue weighted by Gasteiger charge is 2.20. The molecule has 1 N–H and O–H groups in total. The fraction of sp³-hybridized carbons (Fsp3) is 0.188. The first-order valence-electron chi connectivity index (χ1n) is 7.13. The van der Waals surface area contributed by atoms with Gasteiger partial charge in [-0.2, -0.15) is 0 Å². The quantitative estimate of drug-likeness (QED) is 0.686. The van der Waals surface area contributed by atoms with Crippen LogP contribution >= 0.6 is 34.3 Å². The summed E-state index contributed by atoms with van der Waals surface area (Å²) in [6, 6.07) is 3.83. The van der Waals surface area contributed by atoms with Crippen LogP contribution in [0.4, 0.5) is 0 Å². The molecule has 3 rings (SSSR count). The first kappa shape index (κ1) is 16.9. The number of fused-ring (bicyclic) bond motifs is 1. The van der Waals surface area contributed by atoms with Crippen LogP contribution in [0.1, 0.15) is 32.9 Å². The van der Waals surface area contributed by atoms with Gasteiger partial charge < -0.3 is 9.72 Å². The number of H-pyrrole nitrogens is 1. The predicted octanol–water partition coefficient (Wildman–Crippen LogP) is 4.27. The van der Waals surface area contributed by atoms with Crippen molar-refractivity contribution < 1.29 is 9.53 Å². The number of aryl methyl sites for hydroxylation is 1. The highest BCUT2D eigenvalue weighted by Crippen LogP contribution is 2.29. The molecule has 0 atom stereocenters. The molecule has 0 aliphatic carbocycles. The Morgan fingerprint density at radius 2 is 2.29 bits per heavy atom. The van der Waals surface area contributed by atoms with E-state index >= 15 is 0 Å². The number of hydrogen-bond acceptors (Lipinski definition) is 6. The van der Waals surface area contributed by atoms with Gasteiger partial charge in [-0.05, 0) is 36.9 Å². The molecular weight excluding hydrogens is 368 g/mol. The number of esters is 1. The average molecular weight is 381 g/mol. The molecule has 0 amide bonds. The Kier molecular flexibility index (Phi) is 4.84. The van der Waals surface area contributed by atoms with E-state index in [1.165, 1.54) is 11.3 Å². The Morgan fingerprint density at radius 3 is 2.96 bits per heavy atom. The minimum absolute atomic E-state index is 0.275. The van der Waals surface area contributed by atoms with E-state index in [2.05, 4.69) is 9.97 Å². The molecule has 24 heavy (non-hydrogen) atoms. The third-order valence-corrected chi connectivity index (χ3v) is 5.57. The lowest BCUT2D eigenvalue weighted by atomic mass is 10.2. The second kappa shape index (κ2) is 6.88. The van der Waals surface area contributed by atoms with Crippen molar-refractivity contribution in [3.05, 3.63) is 49.0 Å². The highest BCUT2D eigenvalue weighted by atomic mass is 35.5. The van der Waals surface area contributed by atoms with E-state index in [0.29, 0.717) is 25.7 Å². The summed E-state index contributed by atoms with van der Waals surface area (Å²) in [5.74, 6) is -0.168. The van der Waals surface area contributed by atoms with Crippen LogP contribution < -0.4 is 5.56 Å². The Morgan fingerprint density at radius 1 is 1.50 bits per heavy atom. The Labute approximate surface area is 150 Å². The van der Waals surface area contributed by atoms with Crippen LogP contribution in [-0.4, -0.2) is 22.5 Å². The van der Waals surface area contributed by atoms with Gasteiger partial charge in [0.2, 0.25) is 0 Å². The molecule has 0 unspecified atom stereocenters. The van der Waals surface area contributed by atoms with E-state index in [9.17, 15) is 9.59 Å². The summed E-state index contributed by atoms with van der Waals surface area (Å²) in [4.78, 5) is 33.3. The Bertz CT molecular complexity index is 987. The number of nitrogens with one attached hydrogen (secondary N) is 1. The molecule has 3 aromatic rings. The maximum absolute atomic E-state index is 12.4. The minimum atomic E-state index is -0.445. The van der Waals surface area contributed by atoms with Gasteiger partial charge in [0.1, 0.15) is 9.71 Å². The molecule has 0 aliphatic heterocycles. The maximum Gasteiger partial charge on any atom is 0.348 e. The molecule has 0 saturated heterocycles. The fourth-order valence-corrected chi connectivity index (χ4v) is 4.22. The molecule has 0 radical (unpaired) electrons. The van der Waals surface area contributed by atoms with E-state index in [4.69, 9.17) is 16.3 Å². The van der Waals surface area contributed by atoms with Crippen molar-refractivity contribution in [2.75, 3.05) is 6.61 Å². The maximum atomic E-state index is 12.4. The van der Waals surface area contributed by atoms with E-state index in [1.807, 2.05) is 17.5 Å². The van der Waals surface area contributed by atoms with Gasteiger partial charge in [-0.1, -0.05) is 17.7 Å². The number of aromatic amines is 1. The van der Waals surface area contributed by atoms with Gasteiger partial charge in [-0.3, -0.25) is 4.79 Å². The molecule has 8 heteroatoms. The van der Waals surface area contributed by atoms with Crippen LogP contribution in [0.5, 0.6) is 0 Å². The number of hydrogen-bond donors (Lipinski definition) is 1. The molecule has 0 aromatic carbocycles. The smallest absolute Gasteiger partial charge is 0.348 e. The number of aromatic nitrogens is 2. The summed E-state index contributed by atoms with van der Waals surface area (Å²) in [6.45, 7) is 3.72. The van der Waals surface area contributed by atoms with Crippen LogP contribution in [-0.2, 0) is 4.74 Å². The Balaban J connectivity index is 2.10. The number of carbonyl (C=O) groups is 1. The van der Waals surface area contributed by atoms with E-state index in [1.54, 1.807) is 19.9 Å². The second-order valence-electron chi connectivity index (χ2n) is 4.88. The molecule has 0 spiro atoms. The van der Waals surface area contributed by atoms with E-state index in [-0.39, 0.29) is 18.0 Å². The van der Waals surface area contributed by atoms with Gasteiger partial charge >= 0.3 is 5.97 Å². The van der Waals surface area contributed by atoms with Crippen LogP contribution in [0.3, 0.4) is 0 Å². The summed E-state index contributed by atoms with van der Waals surface area (Å²) < 4.78 is 5.02. The standard InChI is InChI=1S/C16H13ClN2O3S2/c1-3-22-16(21)12-8(2)11-14(20)18-13(19-15(11)24-12)10(17)7-9-5-4-6-23-9/h4-7H,3H2,1-2H3,(H,18,19,20)/b10-7-. The highest BCUT2D eigenvalue weighted by molar-refractivity contribution is 7.20. The SMILES string of the molecule is CCOC(=O)c1sc2nc(/C(Cl)=C/c3cccs3)[nH]c(=O)c2c1C. The van der Waals surface area contributed by atoms with Crippen molar-refractivity contribution >= 4 is 61.6 Å². The van der Waals surface area contributed by atoms with Gasteiger partial charge in [0.05, 0.1) is 17.0 Å². The minimum Gasteiger partial charge on any atom is -0.462 e. The van der Waals surface area contributed by atoms with Crippen LogP contribution in [0.15, 0.2) is 22.3 Å². The lowest BCUT2D eigenvalue weighted by Crippen LogP contribution is -2.10. The van der Waals surface area contributed by atoms with E-state index < -0.39 is 5.97 Å². The number of nitrogens with zero attached hydrogens (tertiary/aromatic N) is 1. The summed E-state index contributed by atoms with van der Waals surface area (Å²) in [5, 5.41) is 2.66. The monoisotopic (exact) mass is 380 g/mol. The Hall–Kier alpha value is -1.96. The predicted molar refractivity (Wildman–Crippen MR) is 99.0 cm³/mol. The molecule has 0 fully saturated rings. The van der Waals surface area contributed by atoms with Crippen molar-refractivity contribution in [2.45, 2.75) is 13.8 Å². The largest absolute Gasteiger partial charge is 0.462 e. The second-order valence-corrected chi connectivity index (χ2v) is 7.26. The van der Waals surface area contributed by atoms with Gasteiger partial charge in [0, 0.05) is 4.88 Å². The number of rotatable bonds is 4.